The second-order valence-electron chi connectivity index (χ2n) is 8.01. The van der Waals surface area contributed by atoms with Gasteiger partial charge in [0.15, 0.2) is 11.5 Å². The van der Waals surface area contributed by atoms with Crippen molar-refractivity contribution < 1.29 is 4.74 Å². The second kappa shape index (κ2) is 8.36. The van der Waals surface area contributed by atoms with E-state index in [1.807, 2.05) is 12.2 Å². The Bertz CT molecular complexity index is 1090. The number of methoxy groups -OCH3 is 1. The second-order valence-corrected chi connectivity index (χ2v) is 8.42. The molecule has 2 aromatic rings. The molecule has 162 valence electrons. The SMILES string of the molecule is COC[C@H]1CCCN1C1=CC=C(Cl)C2=CC=CN(C(C)Nc3ncnc4nc[nH]c34)C21. The van der Waals surface area contributed by atoms with Gasteiger partial charge in [-0.2, -0.15) is 0 Å². The maximum atomic E-state index is 6.64. The largest absolute Gasteiger partial charge is 0.383 e. The lowest BCUT2D eigenvalue weighted by Crippen LogP contribution is -2.50. The van der Waals surface area contributed by atoms with Crippen LogP contribution in [0.3, 0.4) is 0 Å². The predicted octanol–water partition coefficient (Wildman–Crippen LogP) is 3.37. The predicted molar refractivity (Wildman–Crippen MR) is 121 cm³/mol. The Morgan fingerprint density at radius 1 is 1.29 bits per heavy atom. The summed E-state index contributed by atoms with van der Waals surface area (Å²) in [5, 5.41) is 4.30. The van der Waals surface area contributed by atoms with E-state index in [1.54, 1.807) is 13.4 Å². The van der Waals surface area contributed by atoms with Crippen molar-refractivity contribution in [1.82, 2.24) is 29.7 Å². The Kier molecular flexibility index (Phi) is 5.41. The fourth-order valence-electron chi connectivity index (χ4n) is 4.75. The van der Waals surface area contributed by atoms with E-state index in [-0.39, 0.29) is 12.2 Å². The van der Waals surface area contributed by atoms with E-state index in [0.29, 0.717) is 11.7 Å². The average molecular weight is 440 g/mol. The number of allylic oxidation sites excluding steroid dienone is 4. The maximum absolute atomic E-state index is 6.64. The van der Waals surface area contributed by atoms with Gasteiger partial charge < -0.3 is 24.8 Å². The molecular formula is C22H26ClN7O. The third kappa shape index (κ3) is 3.59. The Hall–Kier alpha value is -2.84. The number of imidazole rings is 1. The summed E-state index contributed by atoms with van der Waals surface area (Å²) in [5.74, 6) is 0.723. The van der Waals surface area contributed by atoms with Crippen LogP contribution in [-0.2, 0) is 4.74 Å². The lowest BCUT2D eigenvalue weighted by molar-refractivity contribution is 0.121. The lowest BCUT2D eigenvalue weighted by Gasteiger charge is -2.45. The van der Waals surface area contributed by atoms with Crippen molar-refractivity contribution in [3.05, 3.63) is 59.5 Å². The number of nitrogens with zero attached hydrogens (tertiary/aromatic N) is 5. The number of H-pyrrole nitrogens is 1. The molecule has 8 nitrogen and oxygen atoms in total. The fraction of sp³-hybridized carbons (Fsp3) is 0.409. The third-order valence-electron chi connectivity index (χ3n) is 6.17. The standard InChI is InChI=1S/C22H26ClN7O/c1-14(28-22-19-21(25-12-24-19)26-13-27-22)29-9-4-6-16-17(23)7-8-18(20(16)29)30-10-3-5-15(30)11-31-2/h4,6-9,12-15,20H,3,5,10-11H2,1-2H3,(H2,24,25,26,27,28)/t14?,15-,20?/m1/s1. The smallest absolute Gasteiger partial charge is 0.182 e. The van der Waals surface area contributed by atoms with Crippen molar-refractivity contribution in [2.75, 3.05) is 25.6 Å². The van der Waals surface area contributed by atoms with Crippen LogP contribution >= 0.6 is 11.6 Å². The van der Waals surface area contributed by atoms with Crippen molar-refractivity contribution >= 4 is 28.6 Å². The molecule has 0 radical (unpaired) electrons. The van der Waals surface area contributed by atoms with Crippen molar-refractivity contribution in [2.45, 2.75) is 38.0 Å². The number of likely N-dealkylation sites (tertiary alicyclic amines) is 1. The van der Waals surface area contributed by atoms with Gasteiger partial charge in [-0.05, 0) is 43.6 Å². The van der Waals surface area contributed by atoms with Crippen LogP contribution in [-0.4, -0.2) is 68.2 Å². The van der Waals surface area contributed by atoms with E-state index in [0.717, 1.165) is 47.9 Å². The summed E-state index contributed by atoms with van der Waals surface area (Å²) in [6.45, 7) is 3.87. The molecule has 2 unspecified atom stereocenters. The van der Waals surface area contributed by atoms with E-state index < -0.39 is 0 Å². The summed E-state index contributed by atoms with van der Waals surface area (Å²) in [4.78, 5) is 20.8. The molecular weight excluding hydrogens is 414 g/mol. The van der Waals surface area contributed by atoms with E-state index in [9.17, 15) is 0 Å². The molecule has 31 heavy (non-hydrogen) atoms. The van der Waals surface area contributed by atoms with Gasteiger partial charge >= 0.3 is 0 Å². The van der Waals surface area contributed by atoms with Crippen LogP contribution in [0.25, 0.3) is 11.2 Å². The van der Waals surface area contributed by atoms with E-state index >= 15 is 0 Å². The quantitative estimate of drug-likeness (QED) is 0.714. The summed E-state index contributed by atoms with van der Waals surface area (Å²) >= 11 is 6.64. The van der Waals surface area contributed by atoms with Gasteiger partial charge in [-0.1, -0.05) is 17.7 Å². The Balaban J connectivity index is 1.46. The highest BCUT2D eigenvalue weighted by Crippen LogP contribution is 2.39. The molecule has 2 aromatic heterocycles. The van der Waals surface area contributed by atoms with Gasteiger partial charge in [0.05, 0.1) is 31.2 Å². The molecule has 1 fully saturated rings. The zero-order valence-electron chi connectivity index (χ0n) is 17.6. The van der Waals surface area contributed by atoms with Gasteiger partial charge in [0.2, 0.25) is 0 Å². The lowest BCUT2D eigenvalue weighted by atomic mass is 9.92. The Morgan fingerprint density at radius 2 is 2.19 bits per heavy atom. The first-order valence-electron chi connectivity index (χ1n) is 10.6. The normalized spacial score (nSPS) is 24.0. The molecule has 0 aromatic carbocycles. The molecule has 9 heteroatoms. The number of fused-ring (bicyclic) bond motifs is 2. The van der Waals surface area contributed by atoms with Gasteiger partial charge in [-0.3, -0.25) is 0 Å². The van der Waals surface area contributed by atoms with Crippen LogP contribution in [0.1, 0.15) is 19.8 Å². The first-order chi connectivity index (χ1) is 15.2. The molecule has 0 spiro atoms. The van der Waals surface area contributed by atoms with Crippen LogP contribution in [0.15, 0.2) is 59.5 Å². The number of hydrogen-bond acceptors (Lipinski definition) is 7. The van der Waals surface area contributed by atoms with Crippen molar-refractivity contribution in [3.63, 3.8) is 0 Å². The first kappa shape index (κ1) is 20.1. The van der Waals surface area contributed by atoms with Crippen molar-refractivity contribution in [2.24, 2.45) is 0 Å². The number of ether oxygens (including phenoxy) is 1. The molecule has 2 aliphatic heterocycles. The number of hydrogen-bond donors (Lipinski definition) is 2. The summed E-state index contributed by atoms with van der Waals surface area (Å²) in [6.07, 6.45) is 15.8. The number of aromatic nitrogens is 4. The summed E-state index contributed by atoms with van der Waals surface area (Å²) in [5.41, 5.74) is 3.79. The maximum Gasteiger partial charge on any atom is 0.182 e. The number of anilines is 1. The minimum Gasteiger partial charge on any atom is -0.383 e. The van der Waals surface area contributed by atoms with Gasteiger partial charge in [-0.15, -0.1) is 0 Å². The van der Waals surface area contributed by atoms with Crippen LogP contribution in [0.4, 0.5) is 5.82 Å². The third-order valence-corrected chi connectivity index (χ3v) is 6.51. The average Bonchev–Trinajstić information content (AvgIpc) is 3.44. The molecule has 2 N–H and O–H groups in total. The van der Waals surface area contributed by atoms with E-state index in [1.165, 1.54) is 12.0 Å². The molecule has 3 aliphatic rings. The van der Waals surface area contributed by atoms with Crippen molar-refractivity contribution in [1.29, 1.82) is 0 Å². The van der Waals surface area contributed by atoms with Gasteiger partial charge in [0, 0.05) is 30.6 Å². The highest BCUT2D eigenvalue weighted by Gasteiger charge is 2.38. The monoisotopic (exact) mass is 439 g/mol. The zero-order chi connectivity index (χ0) is 21.4. The molecule has 0 bridgehead atoms. The van der Waals surface area contributed by atoms with Crippen molar-refractivity contribution in [3.8, 4) is 0 Å². The molecule has 4 heterocycles. The Labute approximate surface area is 186 Å². The van der Waals surface area contributed by atoms with E-state index in [4.69, 9.17) is 16.3 Å². The topological polar surface area (TPSA) is 82.2 Å². The molecule has 0 saturated carbocycles. The number of nitrogens with one attached hydrogen (secondary N) is 2. The van der Waals surface area contributed by atoms with E-state index in [2.05, 4.69) is 60.3 Å². The highest BCUT2D eigenvalue weighted by molar-refractivity contribution is 6.32. The number of halogens is 1. The van der Waals surface area contributed by atoms with Crippen LogP contribution in [0.5, 0.6) is 0 Å². The molecule has 5 rings (SSSR count). The summed E-state index contributed by atoms with van der Waals surface area (Å²) in [7, 11) is 1.77. The minimum absolute atomic E-state index is 0.0153. The van der Waals surface area contributed by atoms with Gasteiger partial charge in [0.25, 0.3) is 0 Å². The van der Waals surface area contributed by atoms with Crippen LogP contribution in [0.2, 0.25) is 0 Å². The summed E-state index contributed by atoms with van der Waals surface area (Å²) < 4.78 is 5.50. The zero-order valence-corrected chi connectivity index (χ0v) is 18.4. The van der Waals surface area contributed by atoms with Gasteiger partial charge in [-0.25, -0.2) is 15.0 Å². The minimum atomic E-state index is -0.0548. The molecule has 1 aliphatic carbocycles. The molecule has 0 amide bonds. The molecule has 3 atom stereocenters. The Morgan fingerprint density at radius 3 is 3.06 bits per heavy atom. The first-order valence-corrected chi connectivity index (χ1v) is 10.9. The number of aromatic amines is 1. The number of rotatable bonds is 6. The highest BCUT2D eigenvalue weighted by atomic mass is 35.5. The molecule has 1 saturated heterocycles. The van der Waals surface area contributed by atoms with Gasteiger partial charge in [0.1, 0.15) is 11.8 Å². The van der Waals surface area contributed by atoms with Crippen LogP contribution < -0.4 is 5.32 Å². The van der Waals surface area contributed by atoms with Crippen LogP contribution in [0, 0.1) is 0 Å². The summed E-state index contributed by atoms with van der Waals surface area (Å²) in [6, 6.07) is 0.395. The fourth-order valence-corrected chi connectivity index (χ4v) is 4.98.